The second-order valence-corrected chi connectivity index (χ2v) is 3.93. The Balaban J connectivity index is 2.53. The van der Waals surface area contributed by atoms with Crippen LogP contribution < -0.4 is 10.5 Å². The van der Waals surface area contributed by atoms with E-state index in [2.05, 4.69) is 0 Å². The van der Waals surface area contributed by atoms with Crippen molar-refractivity contribution in [2.45, 2.75) is 26.1 Å². The van der Waals surface area contributed by atoms with Gasteiger partial charge in [-0.1, -0.05) is 24.4 Å². The first kappa shape index (κ1) is 11.9. The molecule has 0 aliphatic heterocycles. The third kappa shape index (κ3) is 4.27. The summed E-state index contributed by atoms with van der Waals surface area (Å²) in [7, 11) is 0. The maximum Gasteiger partial charge on any atom is 0.119 e. The van der Waals surface area contributed by atoms with Crippen LogP contribution in [0.1, 0.15) is 18.9 Å². The van der Waals surface area contributed by atoms with Gasteiger partial charge in [0.2, 0.25) is 0 Å². The summed E-state index contributed by atoms with van der Waals surface area (Å²) in [6, 6.07) is 7.29. The average Bonchev–Trinajstić information content (AvgIpc) is 2.17. The molecule has 0 radical (unpaired) electrons. The summed E-state index contributed by atoms with van der Waals surface area (Å²) in [5.41, 5.74) is 6.28. The molecule has 0 spiro atoms. The van der Waals surface area contributed by atoms with Crippen molar-refractivity contribution in [1.82, 2.24) is 0 Å². The highest BCUT2D eigenvalue weighted by Gasteiger charge is 2.05. The Morgan fingerprint density at radius 2 is 2.07 bits per heavy atom. The summed E-state index contributed by atoms with van der Waals surface area (Å²) in [4.78, 5) is 0.453. The van der Waals surface area contributed by atoms with Crippen molar-refractivity contribution < 1.29 is 9.84 Å². The molecule has 0 aliphatic rings. The molecule has 4 heteroatoms. The number of hydrogen-bond acceptors (Lipinski definition) is 3. The van der Waals surface area contributed by atoms with Gasteiger partial charge in [-0.15, -0.1) is 0 Å². The second-order valence-electron chi connectivity index (χ2n) is 3.40. The highest BCUT2D eigenvalue weighted by Crippen LogP contribution is 2.14. The van der Waals surface area contributed by atoms with Crippen molar-refractivity contribution in [2.24, 2.45) is 5.73 Å². The molecule has 0 saturated carbocycles. The molecule has 1 aromatic carbocycles. The largest absolute Gasteiger partial charge is 0.490 e. The van der Waals surface area contributed by atoms with Crippen molar-refractivity contribution in [2.75, 3.05) is 0 Å². The highest BCUT2D eigenvalue weighted by atomic mass is 32.1. The zero-order valence-electron chi connectivity index (χ0n) is 8.64. The predicted octanol–water partition coefficient (Wildman–Crippen LogP) is 1.62. The number of hydrogen-bond donors (Lipinski definition) is 2. The van der Waals surface area contributed by atoms with Gasteiger partial charge in [-0.05, 0) is 24.6 Å². The minimum atomic E-state index is -0.0255. The minimum Gasteiger partial charge on any atom is -0.490 e. The van der Waals surface area contributed by atoms with E-state index in [1.54, 1.807) is 0 Å². The van der Waals surface area contributed by atoms with E-state index in [4.69, 9.17) is 27.8 Å². The van der Waals surface area contributed by atoms with Crippen LogP contribution in [-0.4, -0.2) is 16.2 Å². The van der Waals surface area contributed by atoms with Gasteiger partial charge in [0, 0.05) is 6.42 Å². The van der Waals surface area contributed by atoms with Crippen LogP contribution in [0.3, 0.4) is 0 Å². The standard InChI is InChI=1S/C11H15NO2S/c1-8(6-11(12)15)14-10-4-2-9(7-13)3-5-10/h2-5,8,13H,6-7H2,1H3,(H2,12,15). The molecule has 3 N–H and O–H groups in total. The molecular weight excluding hydrogens is 210 g/mol. The molecule has 3 nitrogen and oxygen atoms in total. The predicted molar refractivity (Wildman–Crippen MR) is 63.9 cm³/mol. The number of nitrogens with two attached hydrogens (primary N) is 1. The molecule has 1 aromatic rings. The van der Waals surface area contributed by atoms with E-state index in [1.165, 1.54) is 0 Å². The molecule has 0 fully saturated rings. The van der Waals surface area contributed by atoms with Gasteiger partial charge in [0.1, 0.15) is 11.9 Å². The first-order valence-electron chi connectivity index (χ1n) is 4.76. The number of ether oxygens (including phenoxy) is 1. The normalized spacial score (nSPS) is 12.1. The van der Waals surface area contributed by atoms with Gasteiger partial charge >= 0.3 is 0 Å². The highest BCUT2D eigenvalue weighted by molar-refractivity contribution is 7.80. The fourth-order valence-corrected chi connectivity index (χ4v) is 1.47. The van der Waals surface area contributed by atoms with Crippen molar-refractivity contribution in [3.63, 3.8) is 0 Å². The van der Waals surface area contributed by atoms with E-state index < -0.39 is 0 Å². The van der Waals surface area contributed by atoms with Crippen LogP contribution in [0.5, 0.6) is 5.75 Å². The molecule has 1 rings (SSSR count). The van der Waals surface area contributed by atoms with Crippen molar-refractivity contribution >= 4 is 17.2 Å². The van der Waals surface area contributed by atoms with Crippen LogP contribution in [0.4, 0.5) is 0 Å². The Bertz CT molecular complexity index is 324. The van der Waals surface area contributed by atoms with E-state index in [0.717, 1.165) is 11.3 Å². The van der Waals surface area contributed by atoms with Gasteiger partial charge in [0.05, 0.1) is 11.6 Å². The lowest BCUT2D eigenvalue weighted by Gasteiger charge is -2.13. The molecular formula is C11H15NO2S. The van der Waals surface area contributed by atoms with Gasteiger partial charge < -0.3 is 15.6 Å². The zero-order chi connectivity index (χ0) is 11.3. The molecule has 0 aromatic heterocycles. The smallest absolute Gasteiger partial charge is 0.119 e. The number of aliphatic hydroxyl groups is 1. The summed E-state index contributed by atoms with van der Waals surface area (Å²) >= 11 is 4.79. The van der Waals surface area contributed by atoms with E-state index >= 15 is 0 Å². The second kappa shape index (κ2) is 5.68. The number of thiocarbonyl (C=S) groups is 1. The van der Waals surface area contributed by atoms with Gasteiger partial charge in [-0.2, -0.15) is 0 Å². The lowest BCUT2D eigenvalue weighted by Crippen LogP contribution is -2.20. The summed E-state index contributed by atoms with van der Waals surface area (Å²) in [6.45, 7) is 1.96. The Morgan fingerprint density at radius 1 is 1.47 bits per heavy atom. The maximum absolute atomic E-state index is 8.85. The summed E-state index contributed by atoms with van der Waals surface area (Å²) in [6.07, 6.45) is 0.541. The molecule has 1 atom stereocenters. The van der Waals surface area contributed by atoms with Crippen LogP contribution in [-0.2, 0) is 6.61 Å². The van der Waals surface area contributed by atoms with Gasteiger partial charge in [0.15, 0.2) is 0 Å². The zero-order valence-corrected chi connectivity index (χ0v) is 9.46. The van der Waals surface area contributed by atoms with Crippen molar-refractivity contribution in [3.8, 4) is 5.75 Å². The molecule has 0 amide bonds. The molecule has 1 unspecified atom stereocenters. The quantitative estimate of drug-likeness (QED) is 0.748. The van der Waals surface area contributed by atoms with E-state index in [1.807, 2.05) is 31.2 Å². The third-order valence-electron chi connectivity index (χ3n) is 1.93. The Morgan fingerprint density at radius 3 is 2.53 bits per heavy atom. The Labute approximate surface area is 94.9 Å². The van der Waals surface area contributed by atoms with Crippen molar-refractivity contribution in [3.05, 3.63) is 29.8 Å². The molecule has 0 aliphatic carbocycles. The fraction of sp³-hybridized carbons (Fsp3) is 0.364. The summed E-state index contributed by atoms with van der Waals surface area (Å²) in [5, 5.41) is 8.85. The van der Waals surface area contributed by atoms with Crippen LogP contribution >= 0.6 is 12.2 Å². The van der Waals surface area contributed by atoms with Crippen LogP contribution in [0.2, 0.25) is 0 Å². The molecule has 0 saturated heterocycles. The summed E-state index contributed by atoms with van der Waals surface area (Å²) in [5.74, 6) is 0.760. The van der Waals surface area contributed by atoms with Crippen LogP contribution in [0, 0.1) is 0 Å². The lowest BCUT2D eigenvalue weighted by atomic mass is 10.2. The van der Waals surface area contributed by atoms with Crippen molar-refractivity contribution in [1.29, 1.82) is 0 Å². The number of aliphatic hydroxyl groups excluding tert-OH is 1. The minimum absolute atomic E-state index is 0.0255. The SMILES string of the molecule is CC(CC(N)=S)Oc1ccc(CO)cc1. The topological polar surface area (TPSA) is 55.5 Å². The first-order valence-corrected chi connectivity index (χ1v) is 5.17. The maximum atomic E-state index is 8.85. The summed E-state index contributed by atoms with van der Waals surface area (Å²) < 4.78 is 5.58. The monoisotopic (exact) mass is 225 g/mol. The molecule has 82 valence electrons. The number of rotatable bonds is 5. The number of benzene rings is 1. The average molecular weight is 225 g/mol. The fourth-order valence-electron chi connectivity index (χ4n) is 1.23. The third-order valence-corrected chi connectivity index (χ3v) is 2.10. The Kier molecular flexibility index (Phi) is 4.52. The van der Waals surface area contributed by atoms with Crippen LogP contribution in [0.25, 0.3) is 0 Å². The van der Waals surface area contributed by atoms with Gasteiger partial charge in [0.25, 0.3) is 0 Å². The van der Waals surface area contributed by atoms with E-state index in [-0.39, 0.29) is 12.7 Å². The Hall–Kier alpha value is -1.13. The van der Waals surface area contributed by atoms with Gasteiger partial charge in [-0.3, -0.25) is 0 Å². The molecule has 0 bridgehead atoms. The first-order chi connectivity index (χ1) is 7.11. The molecule has 0 heterocycles. The lowest BCUT2D eigenvalue weighted by molar-refractivity contribution is 0.230. The molecule has 15 heavy (non-hydrogen) atoms. The van der Waals surface area contributed by atoms with Crippen LogP contribution in [0.15, 0.2) is 24.3 Å². The van der Waals surface area contributed by atoms with E-state index in [9.17, 15) is 0 Å². The van der Waals surface area contributed by atoms with E-state index in [0.29, 0.717) is 11.4 Å². The van der Waals surface area contributed by atoms with Gasteiger partial charge in [-0.25, -0.2) is 0 Å².